The SMILES string of the molecule is ClC(Sc1ccccc1)C(Cl)c1ccccc1. The smallest absolute Gasteiger partial charge is 0.104 e. The van der Waals surface area contributed by atoms with E-state index in [1.165, 1.54) is 0 Å². The molecule has 0 saturated carbocycles. The minimum absolute atomic E-state index is 0.179. The summed E-state index contributed by atoms with van der Waals surface area (Å²) in [5, 5.41) is -0.192. The molecule has 3 heteroatoms. The van der Waals surface area contributed by atoms with Crippen LogP contribution in [-0.2, 0) is 0 Å². The number of rotatable bonds is 4. The van der Waals surface area contributed by atoms with Gasteiger partial charge in [-0.15, -0.1) is 35.0 Å². The van der Waals surface area contributed by atoms with Gasteiger partial charge in [-0.2, -0.15) is 0 Å². The van der Waals surface area contributed by atoms with Gasteiger partial charge in [0.05, 0.1) is 5.38 Å². The predicted octanol–water partition coefficient (Wildman–Crippen LogP) is 5.32. The van der Waals surface area contributed by atoms with Crippen LogP contribution >= 0.6 is 35.0 Å². The van der Waals surface area contributed by atoms with Crippen molar-refractivity contribution in [1.29, 1.82) is 0 Å². The summed E-state index contributed by atoms with van der Waals surface area (Å²) in [6, 6.07) is 20.0. The Labute approximate surface area is 116 Å². The maximum atomic E-state index is 6.35. The molecule has 0 nitrogen and oxygen atoms in total. The van der Waals surface area contributed by atoms with Crippen molar-refractivity contribution >= 4 is 35.0 Å². The fourth-order valence-corrected chi connectivity index (χ4v) is 3.08. The Bertz CT molecular complexity index is 444. The summed E-state index contributed by atoms with van der Waals surface area (Å²) in [6.07, 6.45) is 0. The number of halogens is 2. The zero-order valence-electron chi connectivity index (χ0n) is 9.09. The van der Waals surface area contributed by atoms with Crippen molar-refractivity contribution in [2.75, 3.05) is 0 Å². The van der Waals surface area contributed by atoms with Crippen molar-refractivity contribution in [3.63, 3.8) is 0 Å². The van der Waals surface area contributed by atoms with E-state index in [0.29, 0.717) is 0 Å². The van der Waals surface area contributed by atoms with Gasteiger partial charge in [0.15, 0.2) is 0 Å². The third-order valence-electron chi connectivity index (χ3n) is 2.34. The molecule has 2 aromatic rings. The van der Waals surface area contributed by atoms with Gasteiger partial charge in [0.25, 0.3) is 0 Å². The Morgan fingerprint density at radius 1 is 0.765 bits per heavy atom. The summed E-state index contributed by atoms with van der Waals surface area (Å²) in [5.41, 5.74) is 1.05. The Kier molecular flexibility index (Phi) is 4.78. The molecular formula is C14H12Cl2S. The zero-order chi connectivity index (χ0) is 12.1. The van der Waals surface area contributed by atoms with Gasteiger partial charge in [-0.1, -0.05) is 48.5 Å². The second-order valence-corrected chi connectivity index (χ2v) is 6.01. The van der Waals surface area contributed by atoms with Crippen molar-refractivity contribution in [2.45, 2.75) is 15.0 Å². The molecule has 0 amide bonds. The predicted molar refractivity (Wildman–Crippen MR) is 77.0 cm³/mol. The number of alkyl halides is 2. The molecule has 2 aromatic carbocycles. The maximum Gasteiger partial charge on any atom is 0.104 e. The molecule has 0 saturated heterocycles. The van der Waals surface area contributed by atoms with Crippen LogP contribution in [0.2, 0.25) is 0 Å². The van der Waals surface area contributed by atoms with Crippen LogP contribution in [0.1, 0.15) is 10.9 Å². The standard InChI is InChI=1S/C14H12Cl2S/c15-13(11-7-3-1-4-8-11)14(16)17-12-9-5-2-6-10-12/h1-10,13-14H. The summed E-state index contributed by atoms with van der Waals surface area (Å²) in [4.78, 5) is 1.13. The lowest BCUT2D eigenvalue weighted by Gasteiger charge is -2.15. The van der Waals surface area contributed by atoms with Gasteiger partial charge in [0.2, 0.25) is 0 Å². The van der Waals surface area contributed by atoms with E-state index in [9.17, 15) is 0 Å². The lowest BCUT2D eigenvalue weighted by molar-refractivity contribution is 1.04. The van der Waals surface area contributed by atoms with Crippen LogP contribution in [0.3, 0.4) is 0 Å². The van der Waals surface area contributed by atoms with E-state index in [2.05, 4.69) is 0 Å². The molecule has 0 aromatic heterocycles. The molecule has 0 spiro atoms. The van der Waals surface area contributed by atoms with Gasteiger partial charge in [-0.3, -0.25) is 0 Å². The number of hydrogen-bond donors (Lipinski definition) is 0. The molecular weight excluding hydrogens is 271 g/mol. The molecule has 88 valence electrons. The fourth-order valence-electron chi connectivity index (χ4n) is 1.48. The van der Waals surface area contributed by atoms with Gasteiger partial charge in [0, 0.05) is 4.90 Å². The number of thioether (sulfide) groups is 1. The molecule has 0 N–H and O–H groups in total. The van der Waals surface area contributed by atoms with Crippen LogP contribution in [0.25, 0.3) is 0 Å². The number of benzene rings is 2. The van der Waals surface area contributed by atoms with Gasteiger partial charge >= 0.3 is 0 Å². The molecule has 2 unspecified atom stereocenters. The monoisotopic (exact) mass is 282 g/mol. The molecule has 2 rings (SSSR count). The summed E-state index contributed by atoms with van der Waals surface area (Å²) in [5.74, 6) is 0. The van der Waals surface area contributed by atoms with E-state index in [4.69, 9.17) is 23.2 Å². The van der Waals surface area contributed by atoms with Crippen LogP contribution in [0.4, 0.5) is 0 Å². The van der Waals surface area contributed by atoms with Gasteiger partial charge in [0.1, 0.15) is 4.71 Å². The van der Waals surface area contributed by atoms with Gasteiger partial charge < -0.3 is 0 Å². The Morgan fingerprint density at radius 3 is 1.88 bits per heavy atom. The van der Waals surface area contributed by atoms with E-state index in [1.54, 1.807) is 11.8 Å². The van der Waals surface area contributed by atoms with Crippen molar-refractivity contribution < 1.29 is 0 Å². The molecule has 0 fully saturated rings. The second-order valence-electron chi connectivity index (χ2n) is 3.59. The molecule has 0 aliphatic rings. The van der Waals surface area contributed by atoms with E-state index < -0.39 is 0 Å². The number of hydrogen-bond acceptors (Lipinski definition) is 1. The fraction of sp³-hybridized carbons (Fsp3) is 0.143. The molecule has 0 bridgehead atoms. The average molecular weight is 283 g/mol. The lowest BCUT2D eigenvalue weighted by atomic mass is 10.2. The second kappa shape index (κ2) is 6.34. The topological polar surface area (TPSA) is 0 Å². The van der Waals surface area contributed by atoms with Crippen LogP contribution < -0.4 is 0 Å². The highest BCUT2D eigenvalue weighted by molar-refractivity contribution is 8.01. The van der Waals surface area contributed by atoms with Crippen LogP contribution in [0, 0.1) is 0 Å². The van der Waals surface area contributed by atoms with Crippen LogP contribution in [0.15, 0.2) is 65.6 Å². The van der Waals surface area contributed by atoms with Crippen molar-refractivity contribution in [3.05, 3.63) is 66.2 Å². The summed E-state index contributed by atoms with van der Waals surface area (Å²) in [6.45, 7) is 0. The molecule has 0 aliphatic heterocycles. The lowest BCUT2D eigenvalue weighted by Crippen LogP contribution is -2.02. The third kappa shape index (κ3) is 3.67. The highest BCUT2D eigenvalue weighted by Crippen LogP contribution is 2.38. The van der Waals surface area contributed by atoms with E-state index in [-0.39, 0.29) is 10.1 Å². The van der Waals surface area contributed by atoms with Crippen molar-refractivity contribution in [3.8, 4) is 0 Å². The molecule has 0 radical (unpaired) electrons. The first-order chi connectivity index (χ1) is 8.27. The van der Waals surface area contributed by atoms with E-state index in [0.717, 1.165) is 10.5 Å². The molecule has 0 heterocycles. The zero-order valence-corrected chi connectivity index (χ0v) is 11.4. The van der Waals surface area contributed by atoms with E-state index in [1.807, 2.05) is 60.7 Å². The summed E-state index contributed by atoms with van der Waals surface area (Å²) < 4.78 is -0.179. The highest BCUT2D eigenvalue weighted by Gasteiger charge is 2.19. The molecule has 0 aliphatic carbocycles. The van der Waals surface area contributed by atoms with E-state index >= 15 is 0 Å². The first kappa shape index (κ1) is 12.8. The van der Waals surface area contributed by atoms with Gasteiger partial charge in [-0.25, -0.2) is 0 Å². The van der Waals surface area contributed by atoms with Crippen molar-refractivity contribution in [2.24, 2.45) is 0 Å². The summed E-state index contributed by atoms with van der Waals surface area (Å²) in [7, 11) is 0. The average Bonchev–Trinajstić information content (AvgIpc) is 2.40. The Balaban J connectivity index is 2.03. The van der Waals surface area contributed by atoms with Crippen molar-refractivity contribution in [1.82, 2.24) is 0 Å². The minimum atomic E-state index is -0.192. The normalized spacial score (nSPS) is 14.2. The first-order valence-corrected chi connectivity index (χ1v) is 7.07. The molecule has 2 atom stereocenters. The minimum Gasteiger partial charge on any atom is -0.115 e. The maximum absolute atomic E-state index is 6.35. The highest BCUT2D eigenvalue weighted by atomic mass is 35.5. The third-order valence-corrected chi connectivity index (χ3v) is 4.68. The van der Waals surface area contributed by atoms with Gasteiger partial charge in [-0.05, 0) is 17.7 Å². The van der Waals surface area contributed by atoms with Crippen LogP contribution in [-0.4, -0.2) is 4.71 Å². The van der Waals surface area contributed by atoms with Crippen LogP contribution in [0.5, 0.6) is 0 Å². The first-order valence-electron chi connectivity index (χ1n) is 5.32. The largest absolute Gasteiger partial charge is 0.115 e. The molecule has 17 heavy (non-hydrogen) atoms. The summed E-state index contributed by atoms with van der Waals surface area (Å²) >= 11 is 14.3. The quantitative estimate of drug-likeness (QED) is 0.540. The Morgan fingerprint density at radius 2 is 1.29 bits per heavy atom. The Hall–Kier alpha value is -0.630.